The third kappa shape index (κ3) is 3.59. The van der Waals surface area contributed by atoms with E-state index in [-0.39, 0.29) is 0 Å². The fourth-order valence-corrected chi connectivity index (χ4v) is 6.29. The summed E-state index contributed by atoms with van der Waals surface area (Å²) in [4.78, 5) is 0. The first kappa shape index (κ1) is 22.1. The maximum atomic E-state index is 2.44. The summed E-state index contributed by atoms with van der Waals surface area (Å²) in [5.74, 6) is 0. The van der Waals surface area contributed by atoms with E-state index in [2.05, 4.69) is 124 Å². The third-order valence-corrected chi connectivity index (χ3v) is 8.06. The van der Waals surface area contributed by atoms with Crippen LogP contribution in [0.4, 0.5) is 0 Å². The lowest BCUT2D eigenvalue weighted by molar-refractivity contribution is 0.966. The minimum Gasteiger partial charge on any atom is -0.0763 e. The molecule has 6 aromatic carbocycles. The number of aryl methyl sites for hydroxylation is 2. The highest BCUT2D eigenvalue weighted by Gasteiger charge is 2.19. The summed E-state index contributed by atoms with van der Waals surface area (Å²) in [5.41, 5.74) is 11.9. The van der Waals surface area contributed by atoms with Gasteiger partial charge in [0, 0.05) is 0 Å². The monoisotopic (exact) mass is 474 g/mol. The van der Waals surface area contributed by atoms with Gasteiger partial charge in [-0.05, 0) is 105 Å². The van der Waals surface area contributed by atoms with Crippen molar-refractivity contribution >= 4 is 37.9 Å². The van der Waals surface area contributed by atoms with Crippen LogP contribution in [0.1, 0.15) is 36.5 Å². The Labute approximate surface area is 218 Å². The number of rotatable bonds is 3. The maximum absolute atomic E-state index is 2.44. The van der Waals surface area contributed by atoms with Crippen molar-refractivity contribution in [2.24, 2.45) is 0 Å². The molecular formula is C37H30. The van der Waals surface area contributed by atoms with Crippen molar-refractivity contribution in [3.8, 4) is 22.3 Å². The zero-order valence-corrected chi connectivity index (χ0v) is 21.7. The largest absolute Gasteiger partial charge is 0.0763 e. The average molecular weight is 475 g/mol. The zero-order valence-electron chi connectivity index (χ0n) is 21.7. The van der Waals surface area contributed by atoms with Crippen molar-refractivity contribution in [2.45, 2.75) is 33.6 Å². The summed E-state index contributed by atoms with van der Waals surface area (Å²) < 4.78 is 0. The highest BCUT2D eigenvalue weighted by atomic mass is 14.2. The molecule has 0 aliphatic heterocycles. The molecule has 0 nitrogen and oxygen atoms in total. The first-order valence-corrected chi connectivity index (χ1v) is 13.3. The minimum absolute atomic E-state index is 1.11. The second-order valence-corrected chi connectivity index (χ2v) is 10.8. The molecule has 0 saturated heterocycles. The lowest BCUT2D eigenvalue weighted by Crippen LogP contribution is -1.96. The molecule has 178 valence electrons. The van der Waals surface area contributed by atoms with Crippen LogP contribution in [-0.2, 0) is 0 Å². The zero-order chi connectivity index (χ0) is 25.1. The molecular weight excluding hydrogens is 444 g/mol. The molecule has 0 heteroatoms. The van der Waals surface area contributed by atoms with Gasteiger partial charge in [0.25, 0.3) is 0 Å². The Balaban J connectivity index is 1.64. The molecule has 0 unspecified atom stereocenters. The predicted octanol–water partition coefficient (Wildman–Crippen LogP) is 10.7. The van der Waals surface area contributed by atoms with Crippen LogP contribution in [0.3, 0.4) is 0 Å². The SMILES string of the molecule is CC1=CC(c2cc(-c3cccc(C)c3)c3ccc4c(-c5cccc(C)c5)ccc5ccc2c3c54)=CCC1. The summed E-state index contributed by atoms with van der Waals surface area (Å²) in [6.07, 6.45) is 7.09. The van der Waals surface area contributed by atoms with E-state index >= 15 is 0 Å². The molecule has 0 spiro atoms. The minimum atomic E-state index is 1.11. The second kappa shape index (κ2) is 8.46. The quantitative estimate of drug-likeness (QED) is 0.224. The molecule has 6 aromatic rings. The van der Waals surface area contributed by atoms with Gasteiger partial charge in [0.05, 0.1) is 0 Å². The van der Waals surface area contributed by atoms with Gasteiger partial charge in [-0.2, -0.15) is 0 Å². The molecule has 0 heterocycles. The summed E-state index contributed by atoms with van der Waals surface area (Å²) >= 11 is 0. The molecule has 0 atom stereocenters. The Morgan fingerprint density at radius 2 is 1.16 bits per heavy atom. The van der Waals surface area contributed by atoms with Crippen molar-refractivity contribution in [3.63, 3.8) is 0 Å². The number of benzene rings is 6. The first-order valence-electron chi connectivity index (χ1n) is 13.3. The Bertz CT molecular complexity index is 1890. The van der Waals surface area contributed by atoms with Gasteiger partial charge in [-0.25, -0.2) is 0 Å². The van der Waals surface area contributed by atoms with Crippen molar-refractivity contribution < 1.29 is 0 Å². The molecule has 0 radical (unpaired) electrons. The normalized spacial score (nSPS) is 13.9. The number of allylic oxidation sites excluding steroid dienone is 4. The molecule has 0 amide bonds. The van der Waals surface area contributed by atoms with E-state index in [4.69, 9.17) is 0 Å². The first-order chi connectivity index (χ1) is 18.1. The van der Waals surface area contributed by atoms with Gasteiger partial charge < -0.3 is 0 Å². The molecule has 0 saturated carbocycles. The van der Waals surface area contributed by atoms with Crippen LogP contribution in [0.15, 0.2) is 109 Å². The molecule has 0 aromatic heterocycles. The molecule has 0 N–H and O–H groups in total. The lowest BCUT2D eigenvalue weighted by atomic mass is 9.82. The van der Waals surface area contributed by atoms with Crippen LogP contribution in [-0.4, -0.2) is 0 Å². The van der Waals surface area contributed by atoms with Crippen LogP contribution < -0.4 is 0 Å². The standard InChI is InChI=1S/C37H30/c1-23-7-4-10-27(19-23)30-15-13-26-14-16-32-34(28-11-5-8-24(2)20-28)22-35(29-12-6-9-25(3)21-29)33-18-17-31(30)36(26)37(32)33/h4,6-7,9-22H,5,8H2,1-3H3. The van der Waals surface area contributed by atoms with E-state index in [9.17, 15) is 0 Å². The molecule has 7 rings (SSSR count). The van der Waals surface area contributed by atoms with Crippen LogP contribution >= 0.6 is 0 Å². The Hall–Kier alpha value is -4.16. The summed E-state index contributed by atoms with van der Waals surface area (Å²) in [6, 6.07) is 34.3. The predicted molar refractivity (Wildman–Crippen MR) is 161 cm³/mol. The van der Waals surface area contributed by atoms with Gasteiger partial charge in [-0.1, -0.05) is 114 Å². The van der Waals surface area contributed by atoms with Crippen LogP contribution in [0.5, 0.6) is 0 Å². The summed E-state index contributed by atoms with van der Waals surface area (Å²) in [7, 11) is 0. The van der Waals surface area contributed by atoms with E-state index in [1.165, 1.54) is 82.4 Å². The van der Waals surface area contributed by atoms with E-state index in [1.807, 2.05) is 0 Å². The van der Waals surface area contributed by atoms with Gasteiger partial charge in [0.2, 0.25) is 0 Å². The fraction of sp³-hybridized carbons (Fsp3) is 0.135. The Morgan fingerprint density at radius 1 is 0.541 bits per heavy atom. The Kier molecular flexibility index (Phi) is 5.04. The number of hydrogen-bond acceptors (Lipinski definition) is 0. The van der Waals surface area contributed by atoms with E-state index < -0.39 is 0 Å². The average Bonchev–Trinajstić information content (AvgIpc) is 2.91. The van der Waals surface area contributed by atoms with Crippen LogP contribution in [0.2, 0.25) is 0 Å². The lowest BCUT2D eigenvalue weighted by Gasteiger charge is -2.21. The topological polar surface area (TPSA) is 0 Å². The summed E-state index contributed by atoms with van der Waals surface area (Å²) in [6.45, 7) is 6.62. The van der Waals surface area contributed by atoms with Crippen LogP contribution in [0, 0.1) is 13.8 Å². The Morgan fingerprint density at radius 3 is 1.86 bits per heavy atom. The van der Waals surface area contributed by atoms with Gasteiger partial charge >= 0.3 is 0 Å². The molecule has 1 aliphatic carbocycles. The smallest absolute Gasteiger partial charge is 0.00141 e. The van der Waals surface area contributed by atoms with Gasteiger partial charge in [0.1, 0.15) is 0 Å². The third-order valence-electron chi connectivity index (χ3n) is 8.06. The van der Waals surface area contributed by atoms with E-state index in [0.717, 1.165) is 12.8 Å². The van der Waals surface area contributed by atoms with E-state index in [0.29, 0.717) is 0 Å². The van der Waals surface area contributed by atoms with Gasteiger partial charge in [-0.3, -0.25) is 0 Å². The van der Waals surface area contributed by atoms with Crippen molar-refractivity contribution in [3.05, 3.63) is 125 Å². The molecule has 0 fully saturated rings. The number of hydrogen-bond donors (Lipinski definition) is 0. The molecule has 1 aliphatic rings. The summed E-state index contributed by atoms with van der Waals surface area (Å²) in [5, 5.41) is 8.08. The van der Waals surface area contributed by atoms with Crippen molar-refractivity contribution in [1.29, 1.82) is 0 Å². The second-order valence-electron chi connectivity index (χ2n) is 10.8. The highest BCUT2D eigenvalue weighted by molar-refractivity contribution is 6.29. The van der Waals surface area contributed by atoms with Crippen molar-refractivity contribution in [1.82, 2.24) is 0 Å². The van der Waals surface area contributed by atoms with Gasteiger partial charge in [-0.15, -0.1) is 0 Å². The van der Waals surface area contributed by atoms with E-state index in [1.54, 1.807) is 0 Å². The molecule has 0 bridgehead atoms. The molecule has 37 heavy (non-hydrogen) atoms. The fourth-order valence-electron chi connectivity index (χ4n) is 6.29. The van der Waals surface area contributed by atoms with Crippen LogP contribution in [0.25, 0.3) is 60.1 Å². The maximum Gasteiger partial charge on any atom is -0.00141 e. The van der Waals surface area contributed by atoms with Crippen molar-refractivity contribution in [2.75, 3.05) is 0 Å². The van der Waals surface area contributed by atoms with Gasteiger partial charge in [0.15, 0.2) is 0 Å². The highest BCUT2D eigenvalue weighted by Crippen LogP contribution is 2.45.